The van der Waals surface area contributed by atoms with Gasteiger partial charge in [0.25, 0.3) is 0 Å². The Morgan fingerprint density at radius 1 is 0.643 bits per heavy atom. The average Bonchev–Trinajstić information content (AvgIpc) is 3.68. The van der Waals surface area contributed by atoms with Gasteiger partial charge in [-0.25, -0.2) is 8.78 Å². The Balaban J connectivity index is 0.000000192. The van der Waals surface area contributed by atoms with Crippen LogP contribution in [0.25, 0.3) is 44.5 Å². The standard InChI is InChI=1S/C21H15F3N2O4.C19H13ClF2N2O2/c22-21(23,24)12-8-15(11-4-6-13(27)7-5-11)18(16(9-12)20(25)26-28)14-2-1-3-17-19(14)30-10-29-17;20-11-7-14(10-1-4-13(25)5-2-10)18(16(8-11)19(23)24-26)15-9-12(21)3-6-17(15)22/h1-9,27-28H,10H2,(H2,25,26);1-9,25-26H,(H2,23,24). The predicted molar refractivity (Wildman–Crippen MR) is 199 cm³/mol. The summed E-state index contributed by atoms with van der Waals surface area (Å²) in [7, 11) is 0. The van der Waals surface area contributed by atoms with E-state index in [1.807, 2.05) is 0 Å². The quantitative estimate of drug-likeness (QED) is 0.0318. The Bertz CT molecular complexity index is 2500. The molecule has 0 bridgehead atoms. The van der Waals surface area contributed by atoms with Gasteiger partial charge in [0.05, 0.1) is 5.56 Å². The average molecular weight is 791 g/mol. The van der Waals surface area contributed by atoms with E-state index in [0.29, 0.717) is 33.8 Å². The van der Waals surface area contributed by atoms with Crippen molar-refractivity contribution in [2.75, 3.05) is 6.79 Å². The van der Waals surface area contributed by atoms with Gasteiger partial charge in [-0.15, -0.1) is 0 Å². The minimum Gasteiger partial charge on any atom is -0.508 e. The Morgan fingerprint density at radius 3 is 1.77 bits per heavy atom. The summed E-state index contributed by atoms with van der Waals surface area (Å²) < 4.78 is 80.0. The second-order valence-electron chi connectivity index (χ2n) is 12.0. The minimum absolute atomic E-state index is 0.0405. The number of rotatable bonds is 6. The van der Waals surface area contributed by atoms with Gasteiger partial charge in [0, 0.05) is 38.4 Å². The summed E-state index contributed by atoms with van der Waals surface area (Å²) >= 11 is 6.15. The van der Waals surface area contributed by atoms with E-state index in [2.05, 4.69) is 10.3 Å². The second-order valence-corrected chi connectivity index (χ2v) is 12.5. The van der Waals surface area contributed by atoms with Crippen LogP contribution in [0.15, 0.2) is 120 Å². The smallest absolute Gasteiger partial charge is 0.416 e. The first-order chi connectivity index (χ1) is 26.7. The van der Waals surface area contributed by atoms with E-state index >= 15 is 0 Å². The molecular formula is C40H28ClF5N4O6. The molecule has 1 heterocycles. The summed E-state index contributed by atoms with van der Waals surface area (Å²) in [6.45, 7) is -0.0412. The number of amidine groups is 2. The third kappa shape index (κ3) is 7.93. The zero-order valence-electron chi connectivity index (χ0n) is 28.5. The number of phenols is 2. The molecule has 6 aromatic carbocycles. The minimum atomic E-state index is -4.67. The zero-order chi connectivity index (χ0) is 40.3. The van der Waals surface area contributed by atoms with Crippen molar-refractivity contribution < 1.29 is 52.1 Å². The maximum atomic E-state index is 14.5. The number of oxime groups is 2. The van der Waals surface area contributed by atoms with Gasteiger partial charge in [0.1, 0.15) is 23.1 Å². The highest BCUT2D eigenvalue weighted by Crippen LogP contribution is 2.48. The number of hydrogen-bond acceptors (Lipinski definition) is 8. The molecule has 0 fully saturated rings. The van der Waals surface area contributed by atoms with Crippen molar-refractivity contribution >= 4 is 23.3 Å². The number of hydrogen-bond donors (Lipinski definition) is 6. The third-order valence-electron chi connectivity index (χ3n) is 8.56. The number of aromatic hydroxyl groups is 2. The van der Waals surface area contributed by atoms with Crippen LogP contribution in [0.4, 0.5) is 22.0 Å². The van der Waals surface area contributed by atoms with E-state index in [1.165, 1.54) is 42.5 Å². The molecule has 0 saturated heterocycles. The molecule has 286 valence electrons. The Hall–Kier alpha value is -7.00. The molecule has 0 saturated carbocycles. The number of phenolic OH excluding ortho intramolecular Hbond substituents is 2. The molecule has 56 heavy (non-hydrogen) atoms. The van der Waals surface area contributed by atoms with Crippen LogP contribution in [-0.2, 0) is 6.18 Å². The van der Waals surface area contributed by atoms with Crippen LogP contribution in [-0.4, -0.2) is 39.1 Å². The predicted octanol–water partition coefficient (Wildman–Crippen LogP) is 9.32. The number of benzene rings is 6. The van der Waals surface area contributed by atoms with E-state index in [-0.39, 0.29) is 62.5 Å². The molecule has 0 aliphatic carbocycles. The Morgan fingerprint density at radius 2 is 1.20 bits per heavy atom. The summed E-state index contributed by atoms with van der Waals surface area (Å²) in [6, 6.07) is 24.5. The van der Waals surface area contributed by atoms with Crippen LogP contribution >= 0.6 is 11.6 Å². The van der Waals surface area contributed by atoms with Gasteiger partial charge < -0.3 is 41.6 Å². The number of fused-ring (bicyclic) bond motifs is 1. The Kier molecular flexibility index (Phi) is 10.9. The van der Waals surface area contributed by atoms with Crippen LogP contribution in [0.5, 0.6) is 23.0 Å². The zero-order valence-corrected chi connectivity index (χ0v) is 29.3. The van der Waals surface area contributed by atoms with E-state index in [4.69, 9.17) is 37.7 Å². The van der Waals surface area contributed by atoms with Gasteiger partial charge >= 0.3 is 6.18 Å². The van der Waals surface area contributed by atoms with Gasteiger partial charge in [-0.05, 0) is 95.1 Å². The molecule has 0 aromatic heterocycles. The van der Waals surface area contributed by atoms with Crippen molar-refractivity contribution in [1.29, 1.82) is 0 Å². The molecule has 16 heteroatoms. The van der Waals surface area contributed by atoms with E-state index in [0.717, 1.165) is 30.3 Å². The molecule has 7 rings (SSSR count). The molecule has 1 aliphatic heterocycles. The van der Waals surface area contributed by atoms with Crippen LogP contribution in [0.2, 0.25) is 5.02 Å². The number of nitrogens with zero attached hydrogens (tertiary/aromatic N) is 2. The van der Waals surface area contributed by atoms with Crippen LogP contribution in [0.1, 0.15) is 16.7 Å². The molecule has 0 unspecified atom stereocenters. The lowest BCUT2D eigenvalue weighted by Gasteiger charge is -2.19. The van der Waals surface area contributed by atoms with E-state index < -0.39 is 29.2 Å². The lowest BCUT2D eigenvalue weighted by molar-refractivity contribution is -0.137. The molecule has 0 spiro atoms. The summed E-state index contributed by atoms with van der Waals surface area (Å²) in [4.78, 5) is 0. The number of halogens is 6. The third-order valence-corrected chi connectivity index (χ3v) is 8.77. The fraction of sp³-hybridized carbons (Fsp3) is 0.0500. The topological polar surface area (TPSA) is 176 Å². The summed E-state index contributed by atoms with van der Waals surface area (Å²) in [5, 5.41) is 43.6. The fourth-order valence-corrected chi connectivity index (χ4v) is 6.28. The van der Waals surface area contributed by atoms with Gasteiger partial charge in [0.15, 0.2) is 23.2 Å². The number of para-hydroxylation sites is 1. The number of ether oxygens (including phenoxy) is 2. The lowest BCUT2D eigenvalue weighted by atomic mass is 9.87. The summed E-state index contributed by atoms with van der Waals surface area (Å²) in [6.07, 6.45) is -4.67. The maximum absolute atomic E-state index is 14.5. The van der Waals surface area contributed by atoms with Crippen molar-refractivity contribution in [3.63, 3.8) is 0 Å². The summed E-state index contributed by atoms with van der Waals surface area (Å²) in [5.41, 5.74) is 13.0. The largest absolute Gasteiger partial charge is 0.508 e. The van der Waals surface area contributed by atoms with Gasteiger partial charge in [0.2, 0.25) is 6.79 Å². The monoisotopic (exact) mass is 790 g/mol. The number of alkyl halides is 3. The van der Waals surface area contributed by atoms with Crippen molar-refractivity contribution in [3.05, 3.63) is 143 Å². The molecule has 0 amide bonds. The van der Waals surface area contributed by atoms with Gasteiger partial charge in [-0.2, -0.15) is 13.2 Å². The molecule has 0 atom stereocenters. The Labute approximate surface area is 319 Å². The van der Waals surface area contributed by atoms with Crippen molar-refractivity contribution in [3.8, 4) is 67.5 Å². The lowest BCUT2D eigenvalue weighted by Crippen LogP contribution is -2.17. The normalized spacial score (nSPS) is 12.6. The highest BCUT2D eigenvalue weighted by atomic mass is 35.5. The first-order valence-electron chi connectivity index (χ1n) is 16.2. The summed E-state index contributed by atoms with van der Waals surface area (Å²) in [5.74, 6) is -1.34. The maximum Gasteiger partial charge on any atom is 0.416 e. The molecule has 1 aliphatic rings. The van der Waals surface area contributed by atoms with Crippen molar-refractivity contribution in [2.24, 2.45) is 21.8 Å². The SMILES string of the molecule is NC(=NO)c1cc(C(F)(F)F)cc(-c2ccc(O)cc2)c1-c1cccc2c1OCO2.NC(=NO)c1cc(Cl)cc(-c2ccc(O)cc2)c1-c1cc(F)ccc1F. The highest BCUT2D eigenvalue weighted by molar-refractivity contribution is 6.31. The first-order valence-corrected chi connectivity index (χ1v) is 16.6. The van der Waals surface area contributed by atoms with E-state index in [9.17, 15) is 37.4 Å². The first kappa shape index (κ1) is 38.7. The van der Waals surface area contributed by atoms with Crippen LogP contribution < -0.4 is 20.9 Å². The molecule has 8 N–H and O–H groups in total. The van der Waals surface area contributed by atoms with Crippen LogP contribution in [0.3, 0.4) is 0 Å². The second kappa shape index (κ2) is 15.8. The molecular weight excluding hydrogens is 763 g/mol. The number of nitrogens with two attached hydrogens (primary N) is 2. The molecule has 6 aromatic rings. The van der Waals surface area contributed by atoms with Crippen LogP contribution in [0, 0.1) is 11.6 Å². The van der Waals surface area contributed by atoms with Gasteiger partial charge in [-0.3, -0.25) is 0 Å². The van der Waals surface area contributed by atoms with E-state index in [1.54, 1.807) is 36.4 Å². The fourth-order valence-electron chi connectivity index (χ4n) is 6.06. The van der Waals surface area contributed by atoms with Crippen molar-refractivity contribution in [2.45, 2.75) is 6.18 Å². The molecule has 0 radical (unpaired) electrons. The molecule has 10 nitrogen and oxygen atoms in total. The highest BCUT2D eigenvalue weighted by Gasteiger charge is 2.34. The van der Waals surface area contributed by atoms with Crippen molar-refractivity contribution in [1.82, 2.24) is 0 Å². The van der Waals surface area contributed by atoms with Gasteiger partial charge in [-0.1, -0.05) is 58.3 Å².